The van der Waals surface area contributed by atoms with Gasteiger partial charge in [-0.2, -0.15) is 4.98 Å². The SMILES string of the molecule is NNc1ncc(Cl)c(NCCC2CCCC2)n1. The number of hydrogen-bond donors (Lipinski definition) is 3. The highest BCUT2D eigenvalue weighted by Crippen LogP contribution is 2.27. The van der Waals surface area contributed by atoms with Crippen LogP contribution in [-0.4, -0.2) is 16.5 Å². The fraction of sp³-hybridized carbons (Fsp3) is 0.636. The standard InChI is InChI=1S/C11H18ClN5/c12-9-7-15-11(17-13)16-10(9)14-6-5-8-3-1-2-4-8/h7-8H,1-6,13H2,(H2,14,15,16,17). The van der Waals surface area contributed by atoms with Crippen molar-refractivity contribution >= 4 is 23.4 Å². The van der Waals surface area contributed by atoms with Crippen LogP contribution in [0, 0.1) is 5.92 Å². The van der Waals surface area contributed by atoms with Gasteiger partial charge in [0.2, 0.25) is 5.95 Å². The Bertz CT molecular complexity index is 365. The molecule has 17 heavy (non-hydrogen) atoms. The number of nitrogens with zero attached hydrogens (tertiary/aromatic N) is 2. The first-order valence-corrected chi connectivity index (χ1v) is 6.40. The summed E-state index contributed by atoms with van der Waals surface area (Å²) < 4.78 is 0. The molecule has 94 valence electrons. The Morgan fingerprint density at radius 3 is 2.88 bits per heavy atom. The maximum absolute atomic E-state index is 5.99. The fourth-order valence-corrected chi connectivity index (χ4v) is 2.41. The lowest BCUT2D eigenvalue weighted by molar-refractivity contribution is 0.518. The third-order valence-electron chi connectivity index (χ3n) is 3.19. The van der Waals surface area contributed by atoms with Gasteiger partial charge in [-0.1, -0.05) is 37.3 Å². The minimum atomic E-state index is 0.373. The third-order valence-corrected chi connectivity index (χ3v) is 3.47. The van der Waals surface area contributed by atoms with Gasteiger partial charge in [0.25, 0.3) is 0 Å². The zero-order valence-electron chi connectivity index (χ0n) is 9.75. The van der Waals surface area contributed by atoms with Gasteiger partial charge in [0.15, 0.2) is 5.82 Å². The van der Waals surface area contributed by atoms with Crippen molar-refractivity contribution in [1.29, 1.82) is 0 Å². The molecule has 5 nitrogen and oxygen atoms in total. The predicted octanol–water partition coefficient (Wildman–Crippen LogP) is 2.41. The lowest BCUT2D eigenvalue weighted by atomic mass is 10.0. The molecule has 6 heteroatoms. The van der Waals surface area contributed by atoms with Gasteiger partial charge in [-0.25, -0.2) is 10.8 Å². The van der Waals surface area contributed by atoms with Crippen molar-refractivity contribution in [2.24, 2.45) is 11.8 Å². The van der Waals surface area contributed by atoms with Crippen molar-refractivity contribution in [2.45, 2.75) is 32.1 Å². The normalized spacial score (nSPS) is 16.1. The number of nitrogens with two attached hydrogens (primary N) is 1. The Morgan fingerprint density at radius 2 is 2.18 bits per heavy atom. The van der Waals surface area contributed by atoms with Crippen LogP contribution in [0.25, 0.3) is 0 Å². The second-order valence-corrected chi connectivity index (χ2v) is 4.81. The second kappa shape index (κ2) is 6.02. The minimum Gasteiger partial charge on any atom is -0.369 e. The van der Waals surface area contributed by atoms with Crippen LogP contribution >= 0.6 is 11.6 Å². The van der Waals surface area contributed by atoms with E-state index in [1.54, 1.807) is 6.20 Å². The van der Waals surface area contributed by atoms with E-state index in [4.69, 9.17) is 17.4 Å². The summed E-state index contributed by atoms with van der Waals surface area (Å²) >= 11 is 5.99. The Morgan fingerprint density at radius 1 is 1.41 bits per heavy atom. The van der Waals surface area contributed by atoms with Crippen LogP contribution in [0.2, 0.25) is 5.02 Å². The van der Waals surface area contributed by atoms with Crippen LogP contribution in [0.15, 0.2) is 6.20 Å². The minimum absolute atomic E-state index is 0.373. The molecule has 1 heterocycles. The summed E-state index contributed by atoms with van der Waals surface area (Å²) in [6.45, 7) is 0.894. The molecule has 0 aromatic carbocycles. The fourth-order valence-electron chi connectivity index (χ4n) is 2.25. The summed E-state index contributed by atoms with van der Waals surface area (Å²) in [6.07, 6.45) is 8.18. The van der Waals surface area contributed by atoms with E-state index >= 15 is 0 Å². The average molecular weight is 256 g/mol. The average Bonchev–Trinajstić information content (AvgIpc) is 2.84. The lowest BCUT2D eigenvalue weighted by Gasteiger charge is -2.11. The molecule has 1 aromatic heterocycles. The van der Waals surface area contributed by atoms with Crippen molar-refractivity contribution in [3.63, 3.8) is 0 Å². The first-order valence-electron chi connectivity index (χ1n) is 6.02. The molecule has 0 saturated heterocycles. The van der Waals surface area contributed by atoms with E-state index in [9.17, 15) is 0 Å². The van der Waals surface area contributed by atoms with Crippen LogP contribution in [0.1, 0.15) is 32.1 Å². The molecule has 0 bridgehead atoms. The van der Waals surface area contributed by atoms with Crippen LogP contribution in [0.4, 0.5) is 11.8 Å². The number of nitrogens with one attached hydrogen (secondary N) is 2. The van der Waals surface area contributed by atoms with Crippen molar-refractivity contribution < 1.29 is 0 Å². The van der Waals surface area contributed by atoms with E-state index < -0.39 is 0 Å². The van der Waals surface area contributed by atoms with E-state index in [-0.39, 0.29) is 0 Å². The van der Waals surface area contributed by atoms with Gasteiger partial charge in [-0.15, -0.1) is 0 Å². The van der Waals surface area contributed by atoms with Gasteiger partial charge < -0.3 is 5.32 Å². The molecule has 0 atom stereocenters. The third kappa shape index (κ3) is 3.44. The van der Waals surface area contributed by atoms with Crippen LogP contribution < -0.4 is 16.6 Å². The van der Waals surface area contributed by atoms with Crippen molar-refractivity contribution in [3.8, 4) is 0 Å². The monoisotopic (exact) mass is 255 g/mol. The van der Waals surface area contributed by atoms with Crippen LogP contribution in [0.5, 0.6) is 0 Å². The topological polar surface area (TPSA) is 75.9 Å². The van der Waals surface area contributed by atoms with Gasteiger partial charge in [0.05, 0.1) is 6.20 Å². The molecule has 0 radical (unpaired) electrons. The maximum atomic E-state index is 5.99. The van der Waals surface area contributed by atoms with Crippen molar-refractivity contribution in [1.82, 2.24) is 9.97 Å². The number of rotatable bonds is 5. The number of aromatic nitrogens is 2. The van der Waals surface area contributed by atoms with Gasteiger partial charge >= 0.3 is 0 Å². The smallest absolute Gasteiger partial charge is 0.239 e. The summed E-state index contributed by atoms with van der Waals surface area (Å²) in [7, 11) is 0. The zero-order valence-corrected chi connectivity index (χ0v) is 10.5. The molecule has 1 aliphatic carbocycles. The summed E-state index contributed by atoms with van der Waals surface area (Å²) in [5, 5.41) is 3.76. The zero-order chi connectivity index (χ0) is 12.1. The molecule has 2 rings (SSSR count). The number of nitrogen functional groups attached to an aromatic ring is 1. The molecule has 1 aliphatic rings. The first kappa shape index (κ1) is 12.4. The van der Waals surface area contributed by atoms with Gasteiger partial charge in [0.1, 0.15) is 5.02 Å². The van der Waals surface area contributed by atoms with Gasteiger partial charge in [-0.3, -0.25) is 5.43 Å². The molecule has 0 spiro atoms. The summed E-state index contributed by atoms with van der Waals surface area (Å²) in [5.41, 5.74) is 2.41. The molecular weight excluding hydrogens is 238 g/mol. The molecule has 4 N–H and O–H groups in total. The summed E-state index contributed by atoms with van der Waals surface area (Å²) in [6, 6.07) is 0. The Labute approximate surface area is 106 Å². The van der Waals surface area contributed by atoms with E-state index in [0.717, 1.165) is 12.5 Å². The first-order chi connectivity index (χ1) is 8.29. The van der Waals surface area contributed by atoms with Crippen LogP contribution in [-0.2, 0) is 0 Å². The quantitative estimate of drug-likeness (QED) is 0.556. The van der Waals surface area contributed by atoms with E-state index in [1.165, 1.54) is 32.1 Å². The second-order valence-electron chi connectivity index (χ2n) is 4.40. The van der Waals surface area contributed by atoms with Crippen molar-refractivity contribution in [2.75, 3.05) is 17.3 Å². The highest BCUT2D eigenvalue weighted by atomic mass is 35.5. The van der Waals surface area contributed by atoms with Gasteiger partial charge in [-0.05, 0) is 12.3 Å². The highest BCUT2D eigenvalue weighted by Gasteiger charge is 2.14. The van der Waals surface area contributed by atoms with Crippen molar-refractivity contribution in [3.05, 3.63) is 11.2 Å². The Balaban J connectivity index is 1.84. The van der Waals surface area contributed by atoms with E-state index in [2.05, 4.69) is 20.7 Å². The number of anilines is 2. The molecule has 1 fully saturated rings. The lowest BCUT2D eigenvalue weighted by Crippen LogP contribution is -2.13. The molecule has 0 aliphatic heterocycles. The van der Waals surface area contributed by atoms with E-state index in [1.807, 2.05) is 0 Å². The molecule has 0 amide bonds. The Kier molecular flexibility index (Phi) is 4.39. The number of hydrazine groups is 1. The molecule has 0 unspecified atom stereocenters. The predicted molar refractivity (Wildman–Crippen MR) is 69.9 cm³/mol. The maximum Gasteiger partial charge on any atom is 0.239 e. The number of halogens is 1. The molecular formula is C11H18ClN5. The Hall–Kier alpha value is -1.07. The summed E-state index contributed by atoms with van der Waals surface area (Å²) in [5.74, 6) is 7.13. The van der Waals surface area contributed by atoms with E-state index in [0.29, 0.717) is 16.8 Å². The highest BCUT2D eigenvalue weighted by molar-refractivity contribution is 6.32. The molecule has 1 saturated carbocycles. The van der Waals surface area contributed by atoms with Gasteiger partial charge in [0, 0.05) is 6.54 Å². The largest absolute Gasteiger partial charge is 0.369 e. The molecule has 1 aromatic rings. The van der Waals surface area contributed by atoms with Crippen LogP contribution in [0.3, 0.4) is 0 Å². The number of hydrogen-bond acceptors (Lipinski definition) is 5. The summed E-state index contributed by atoms with van der Waals surface area (Å²) in [4.78, 5) is 8.09.